The lowest BCUT2D eigenvalue weighted by Gasteiger charge is -2.33. The van der Waals surface area contributed by atoms with Gasteiger partial charge in [-0.15, -0.1) is 5.10 Å². The van der Waals surface area contributed by atoms with Crippen molar-refractivity contribution in [3.05, 3.63) is 72.6 Å². The van der Waals surface area contributed by atoms with Gasteiger partial charge in [0.25, 0.3) is 0 Å². The lowest BCUT2D eigenvalue weighted by atomic mass is 9.95. The molecule has 0 spiro atoms. The van der Waals surface area contributed by atoms with Crippen LogP contribution >= 0.6 is 0 Å². The molecule has 2 aromatic carbocycles. The molecule has 12 heteroatoms. The minimum Gasteiger partial charge on any atom is -0.352 e. The highest BCUT2D eigenvalue weighted by Gasteiger charge is 2.36. The van der Waals surface area contributed by atoms with Crippen molar-refractivity contribution >= 4 is 38.6 Å². The van der Waals surface area contributed by atoms with Crippen molar-refractivity contribution in [3.8, 4) is 0 Å². The van der Waals surface area contributed by atoms with E-state index < -0.39 is 16.1 Å². The topological polar surface area (TPSA) is 122 Å². The molecular weight excluding hydrogens is 566 g/mol. The van der Waals surface area contributed by atoms with Gasteiger partial charge in [-0.25, -0.2) is 13.1 Å². The lowest BCUT2D eigenvalue weighted by molar-refractivity contribution is -0.127. The number of carbonyl (C=O) groups is 2. The maximum absolute atomic E-state index is 14.3. The van der Waals surface area contributed by atoms with Gasteiger partial charge in [0.15, 0.2) is 6.04 Å². The first kappa shape index (κ1) is 30.4. The van der Waals surface area contributed by atoms with Crippen molar-refractivity contribution in [2.24, 2.45) is 7.05 Å². The Morgan fingerprint density at radius 2 is 1.67 bits per heavy atom. The smallest absolute Gasteiger partial charge is 0.249 e. The Hall–Kier alpha value is -4.03. The van der Waals surface area contributed by atoms with Gasteiger partial charge in [0, 0.05) is 38.1 Å². The highest BCUT2D eigenvalue weighted by atomic mass is 32.2. The van der Waals surface area contributed by atoms with Gasteiger partial charge in [-0.05, 0) is 61.4 Å². The molecule has 0 saturated heterocycles. The van der Waals surface area contributed by atoms with Crippen LogP contribution < -0.4 is 10.2 Å². The quantitative estimate of drug-likeness (QED) is 0.276. The van der Waals surface area contributed by atoms with Crippen LogP contribution in [0.15, 0.2) is 71.8 Å². The Labute approximate surface area is 252 Å². The molecule has 0 radical (unpaired) electrons. The molecule has 1 aliphatic carbocycles. The molecule has 11 nitrogen and oxygen atoms in total. The van der Waals surface area contributed by atoms with Crippen LogP contribution in [0.4, 0.5) is 5.69 Å². The summed E-state index contributed by atoms with van der Waals surface area (Å²) in [7, 11) is -1.87. The van der Waals surface area contributed by atoms with Gasteiger partial charge in [0.1, 0.15) is 12.1 Å². The number of rotatable bonds is 11. The van der Waals surface area contributed by atoms with Crippen LogP contribution in [0.3, 0.4) is 0 Å². The van der Waals surface area contributed by atoms with Gasteiger partial charge in [0.2, 0.25) is 21.8 Å². The highest BCUT2D eigenvalue weighted by Crippen LogP contribution is 2.31. The van der Waals surface area contributed by atoms with E-state index in [4.69, 9.17) is 0 Å². The fourth-order valence-corrected chi connectivity index (χ4v) is 7.29. The van der Waals surface area contributed by atoms with E-state index in [0.717, 1.165) is 32.1 Å². The molecule has 2 aromatic heterocycles. The molecule has 1 aliphatic rings. The van der Waals surface area contributed by atoms with Crippen LogP contribution in [0.1, 0.15) is 57.7 Å². The number of anilines is 1. The summed E-state index contributed by atoms with van der Waals surface area (Å²) in [5.74, 6) is -0.676. The number of hydrogen-bond acceptors (Lipinski definition) is 6. The van der Waals surface area contributed by atoms with Crippen LogP contribution in [-0.2, 0) is 33.2 Å². The van der Waals surface area contributed by atoms with Crippen LogP contribution in [0.2, 0.25) is 0 Å². The average molecular weight is 606 g/mol. The van der Waals surface area contributed by atoms with Crippen molar-refractivity contribution < 1.29 is 18.0 Å². The summed E-state index contributed by atoms with van der Waals surface area (Å²) in [5.41, 5.74) is 2.38. The van der Waals surface area contributed by atoms with Crippen molar-refractivity contribution in [3.63, 3.8) is 0 Å². The fraction of sp³-hybridized carbons (Fsp3) is 0.419. The molecule has 1 atom stereocenters. The molecule has 1 unspecified atom stereocenters. The molecule has 228 valence electrons. The summed E-state index contributed by atoms with van der Waals surface area (Å²) in [6, 6.07) is 16.2. The summed E-state index contributed by atoms with van der Waals surface area (Å²) < 4.78 is 31.1. The van der Waals surface area contributed by atoms with E-state index in [-0.39, 0.29) is 29.3 Å². The number of aromatic nitrogens is 4. The second-order valence-electron chi connectivity index (χ2n) is 10.9. The average Bonchev–Trinajstić information content (AvgIpc) is 3.62. The van der Waals surface area contributed by atoms with Crippen LogP contribution in [-0.4, -0.2) is 63.2 Å². The van der Waals surface area contributed by atoms with E-state index in [2.05, 4.69) is 15.6 Å². The van der Waals surface area contributed by atoms with Gasteiger partial charge in [-0.3, -0.25) is 14.5 Å². The third-order valence-corrected chi connectivity index (χ3v) is 10.2. The molecule has 4 aromatic rings. The number of sulfonamides is 1. The predicted octanol–water partition coefficient (Wildman–Crippen LogP) is 4.02. The second kappa shape index (κ2) is 13.1. The molecule has 1 saturated carbocycles. The minimum atomic E-state index is -3.71. The number of carbonyl (C=O) groups excluding carboxylic acids is 2. The first-order chi connectivity index (χ1) is 20.7. The SMILES string of the molecule is CCN(CC)S(=O)(=O)c1ccc(N(C(=O)Cn2nnc3ccccc32)C(C(=O)NC2CCCCC2)c2cccn2C)cc1. The number of nitrogens with zero attached hydrogens (tertiary/aromatic N) is 6. The van der Waals surface area contributed by atoms with E-state index in [1.54, 1.807) is 26.0 Å². The lowest BCUT2D eigenvalue weighted by Crippen LogP contribution is -2.48. The van der Waals surface area contributed by atoms with E-state index in [1.807, 2.05) is 54.2 Å². The number of hydrogen-bond donors (Lipinski definition) is 1. The first-order valence-corrected chi connectivity index (χ1v) is 16.3. The van der Waals surface area contributed by atoms with Crippen molar-refractivity contribution in [1.82, 2.24) is 29.2 Å². The molecule has 2 heterocycles. The van der Waals surface area contributed by atoms with E-state index in [0.29, 0.717) is 35.5 Å². The van der Waals surface area contributed by atoms with E-state index in [1.165, 1.54) is 26.0 Å². The maximum Gasteiger partial charge on any atom is 0.249 e. The molecule has 1 fully saturated rings. The number of fused-ring (bicyclic) bond motifs is 1. The van der Waals surface area contributed by atoms with Crippen molar-refractivity contribution in [1.29, 1.82) is 0 Å². The predicted molar refractivity (Wildman–Crippen MR) is 165 cm³/mol. The number of nitrogens with one attached hydrogen (secondary N) is 1. The van der Waals surface area contributed by atoms with Gasteiger partial charge in [-0.2, -0.15) is 4.31 Å². The van der Waals surface area contributed by atoms with Gasteiger partial charge < -0.3 is 9.88 Å². The van der Waals surface area contributed by atoms with Crippen LogP contribution in [0.5, 0.6) is 0 Å². The third-order valence-electron chi connectivity index (χ3n) is 8.15. The number of para-hydroxylation sites is 1. The summed E-state index contributed by atoms with van der Waals surface area (Å²) in [6.45, 7) is 4.09. The van der Waals surface area contributed by atoms with E-state index >= 15 is 0 Å². The molecule has 43 heavy (non-hydrogen) atoms. The molecule has 5 rings (SSSR count). The van der Waals surface area contributed by atoms with E-state index in [9.17, 15) is 18.0 Å². The fourth-order valence-electron chi connectivity index (χ4n) is 5.84. The Kier molecular flexibility index (Phi) is 9.26. The largest absolute Gasteiger partial charge is 0.352 e. The normalized spacial score (nSPS) is 15.1. The van der Waals surface area contributed by atoms with Gasteiger partial charge in [0.05, 0.1) is 16.1 Å². The molecular formula is C31H39N7O4S. The molecule has 1 N–H and O–H groups in total. The van der Waals surface area contributed by atoms with Gasteiger partial charge >= 0.3 is 0 Å². The zero-order valence-electron chi connectivity index (χ0n) is 24.9. The molecule has 0 aliphatic heterocycles. The highest BCUT2D eigenvalue weighted by molar-refractivity contribution is 7.89. The number of aryl methyl sites for hydroxylation is 1. The van der Waals surface area contributed by atoms with Gasteiger partial charge in [-0.1, -0.05) is 50.5 Å². The summed E-state index contributed by atoms with van der Waals surface area (Å²) in [6.07, 6.45) is 6.86. The first-order valence-electron chi connectivity index (χ1n) is 14.9. The monoisotopic (exact) mass is 605 g/mol. The Morgan fingerprint density at radius 3 is 2.33 bits per heavy atom. The second-order valence-corrected chi connectivity index (χ2v) is 12.8. The standard InChI is InChI=1S/C31H39N7O4S/c1-4-36(5-2)43(41,42)25-19-17-24(18-20-25)38(29(39)22-37-27-15-10-9-14-26(27)33-34-37)30(28-16-11-21-35(28)3)31(40)32-23-12-7-6-8-13-23/h9-11,14-21,23,30H,4-8,12-13,22H2,1-3H3,(H,32,40). The Bertz CT molecular complexity index is 1670. The Balaban J connectivity index is 1.57. The van der Waals surface area contributed by atoms with Crippen LogP contribution in [0, 0.1) is 0 Å². The molecule has 0 bridgehead atoms. The zero-order chi connectivity index (χ0) is 30.6. The van der Waals surface area contributed by atoms with Crippen LogP contribution in [0.25, 0.3) is 11.0 Å². The zero-order valence-corrected chi connectivity index (χ0v) is 25.7. The number of benzene rings is 2. The summed E-state index contributed by atoms with van der Waals surface area (Å²) >= 11 is 0. The molecule has 2 amide bonds. The minimum absolute atomic E-state index is 0.0295. The third kappa shape index (κ3) is 6.35. The Morgan fingerprint density at radius 1 is 0.977 bits per heavy atom. The van der Waals surface area contributed by atoms with Crippen molar-refractivity contribution in [2.75, 3.05) is 18.0 Å². The summed E-state index contributed by atoms with van der Waals surface area (Å²) in [4.78, 5) is 30.0. The summed E-state index contributed by atoms with van der Waals surface area (Å²) in [5, 5.41) is 11.6. The van der Waals surface area contributed by atoms with Crippen molar-refractivity contribution in [2.45, 2.75) is 69.5 Å². The number of amides is 2. The maximum atomic E-state index is 14.3.